The summed E-state index contributed by atoms with van der Waals surface area (Å²) in [6.07, 6.45) is 2.62. The van der Waals surface area contributed by atoms with Crippen LogP contribution in [0.15, 0.2) is 48.8 Å². The molecule has 1 unspecified atom stereocenters. The van der Waals surface area contributed by atoms with E-state index < -0.39 is 17.8 Å². The van der Waals surface area contributed by atoms with Crippen LogP contribution in [0.1, 0.15) is 55.7 Å². The number of fused-ring (bicyclic) bond motifs is 2. The van der Waals surface area contributed by atoms with Crippen molar-refractivity contribution in [3.63, 3.8) is 0 Å². The van der Waals surface area contributed by atoms with Gasteiger partial charge < -0.3 is 31.0 Å². The van der Waals surface area contributed by atoms with Gasteiger partial charge in [0.25, 0.3) is 5.91 Å². The number of nitrogens with zero attached hydrogens (tertiary/aromatic N) is 4. The molecule has 2 aliphatic rings. The number of anilines is 1. The van der Waals surface area contributed by atoms with Crippen LogP contribution in [0.5, 0.6) is 5.75 Å². The van der Waals surface area contributed by atoms with E-state index in [4.69, 9.17) is 10.5 Å². The van der Waals surface area contributed by atoms with Crippen LogP contribution in [0, 0.1) is 0 Å². The summed E-state index contributed by atoms with van der Waals surface area (Å²) in [5, 5.41) is 16.1. The molecule has 1 atom stereocenters. The molecule has 3 amide bonds. The number of amides is 3. The maximum Gasteiger partial charge on any atom is 1.00 e. The van der Waals surface area contributed by atoms with E-state index in [9.17, 15) is 24.3 Å². The van der Waals surface area contributed by atoms with Crippen LogP contribution in [-0.4, -0.2) is 56.8 Å². The van der Waals surface area contributed by atoms with Crippen LogP contribution in [0.4, 0.5) is 5.69 Å². The van der Waals surface area contributed by atoms with Gasteiger partial charge in [-0.2, -0.15) is 0 Å². The summed E-state index contributed by atoms with van der Waals surface area (Å²) in [6, 6.07) is 11.5. The standard InChI is InChI=1S/C27H26N6O6.Li/c28-24(34)12-33(22-5-3-16-8-17(27(37)38)2-4-19(16)22)11-18-9-21(31-14-30-18)26(36)29-10-15-1-6-23-20(7-15)32-25(35)13-39-23;/h1-2,4,6-9,14,22H,3,5,10-13H2,(H5,28,29,32,34,35,36,37,38);/q;+1/p-1. The third-order valence-corrected chi connectivity index (χ3v) is 6.63. The minimum atomic E-state index is -0.994. The molecule has 1 aromatic heterocycles. The van der Waals surface area contributed by atoms with Crippen molar-refractivity contribution in [1.82, 2.24) is 14.9 Å². The van der Waals surface area contributed by atoms with Gasteiger partial charge in [0.05, 0.1) is 29.2 Å². The number of carboxylic acid groups (broad SMARTS) is 1. The minimum Gasteiger partial charge on any atom is -0.644 e. The van der Waals surface area contributed by atoms with Gasteiger partial charge in [-0.05, 0) is 54.3 Å². The maximum atomic E-state index is 12.8. The Hall–Kier alpha value is -4.24. The molecule has 5 rings (SSSR count). The Morgan fingerprint density at radius 1 is 1.15 bits per heavy atom. The molecule has 0 saturated carbocycles. The van der Waals surface area contributed by atoms with Crippen molar-refractivity contribution in [3.05, 3.63) is 87.8 Å². The average Bonchev–Trinajstić information content (AvgIpc) is 3.34. The molecule has 4 N–H and O–H groups in total. The van der Waals surface area contributed by atoms with E-state index in [0.717, 1.165) is 11.1 Å². The van der Waals surface area contributed by atoms with Gasteiger partial charge in [0.1, 0.15) is 18.0 Å². The molecule has 40 heavy (non-hydrogen) atoms. The number of carbonyl (C=O) groups is 4. The number of aromatic carboxylic acids is 1. The Balaban J connectivity index is 0.00000370. The molecule has 3 aromatic rings. The van der Waals surface area contributed by atoms with Gasteiger partial charge in [-0.25, -0.2) is 14.8 Å². The Bertz CT molecular complexity index is 1480. The Labute approximate surface area is 241 Å². The summed E-state index contributed by atoms with van der Waals surface area (Å²) in [7, 11) is 0. The number of aryl methyl sites for hydroxylation is 1. The van der Waals surface area contributed by atoms with Gasteiger partial charge in [-0.3, -0.25) is 14.5 Å². The number of ether oxygens (including phenoxy) is 1. The number of nitrogens with one attached hydrogen (secondary N) is 1. The summed E-state index contributed by atoms with van der Waals surface area (Å²) >= 11 is 0. The third kappa shape index (κ3) is 6.48. The summed E-state index contributed by atoms with van der Waals surface area (Å²) in [4.78, 5) is 57.8. The van der Waals surface area contributed by atoms with Crippen LogP contribution in [-0.2, 0) is 29.1 Å². The molecule has 0 saturated heterocycles. The van der Waals surface area contributed by atoms with E-state index in [0.29, 0.717) is 35.5 Å². The zero-order valence-electron chi connectivity index (χ0n) is 21.8. The van der Waals surface area contributed by atoms with E-state index in [1.54, 1.807) is 36.4 Å². The topological polar surface area (TPSA) is 179 Å². The van der Waals surface area contributed by atoms with Gasteiger partial charge in [-0.1, -0.05) is 17.7 Å². The zero-order chi connectivity index (χ0) is 27.5. The molecular weight excluding hydrogens is 511 g/mol. The molecule has 2 aromatic carbocycles. The fourth-order valence-electron chi connectivity index (χ4n) is 4.87. The Morgan fingerprint density at radius 2 is 1.98 bits per heavy atom. The average molecular weight is 536 g/mol. The van der Waals surface area contributed by atoms with Crippen molar-refractivity contribution in [2.75, 3.05) is 18.5 Å². The first-order chi connectivity index (χ1) is 18.8. The fraction of sp³-hybridized carbons (Fsp3) is 0.259. The minimum absolute atomic E-state index is 0. The quantitative estimate of drug-likeness (QED) is 0.295. The third-order valence-electron chi connectivity index (χ3n) is 6.63. The van der Waals surface area contributed by atoms with Crippen molar-refractivity contribution < 1.29 is 47.9 Å². The van der Waals surface area contributed by atoms with Crippen LogP contribution in [0.25, 0.3) is 5.32 Å². The number of hydrogen-bond donors (Lipinski definition) is 3. The molecule has 1 aliphatic heterocycles. The van der Waals surface area contributed by atoms with Crippen LogP contribution in [0.2, 0.25) is 0 Å². The van der Waals surface area contributed by atoms with Crippen LogP contribution >= 0.6 is 0 Å². The van der Waals surface area contributed by atoms with Crippen LogP contribution in [0.3, 0.4) is 0 Å². The second-order valence-corrected chi connectivity index (χ2v) is 9.33. The number of rotatable bonds is 9. The van der Waals surface area contributed by atoms with E-state index in [-0.39, 0.29) is 68.3 Å². The monoisotopic (exact) mass is 536 g/mol. The molecule has 0 fully saturated rings. The SMILES string of the molecule is NC(=O)CN(Cc1cc(C(=O)[N-]Cc2ccc3c(c2)NC(=O)CO3)ncn1)C1CCc2cc(C(=O)O)ccc21.[Li+]. The van der Waals surface area contributed by atoms with Crippen LogP contribution < -0.4 is 34.6 Å². The normalized spacial score (nSPS) is 15.2. The number of nitrogens with two attached hydrogens (primary N) is 1. The molecule has 2 heterocycles. The van der Waals surface area contributed by atoms with Crippen molar-refractivity contribution in [2.24, 2.45) is 5.73 Å². The molecule has 200 valence electrons. The van der Waals surface area contributed by atoms with Crippen molar-refractivity contribution in [2.45, 2.75) is 32.0 Å². The summed E-state index contributed by atoms with van der Waals surface area (Å²) in [6.45, 7) is 0.218. The fourth-order valence-corrected chi connectivity index (χ4v) is 4.87. The number of primary amides is 1. The van der Waals surface area contributed by atoms with Crippen molar-refractivity contribution >= 4 is 29.4 Å². The first kappa shape index (κ1) is 28.8. The predicted molar refractivity (Wildman–Crippen MR) is 138 cm³/mol. The molecule has 0 radical (unpaired) electrons. The van der Waals surface area contributed by atoms with E-state index in [2.05, 4.69) is 20.6 Å². The summed E-state index contributed by atoms with van der Waals surface area (Å²) in [5.41, 5.74) is 9.45. The van der Waals surface area contributed by atoms with Gasteiger partial charge in [0.2, 0.25) is 5.91 Å². The van der Waals surface area contributed by atoms with Gasteiger partial charge in [-0.15, -0.1) is 6.54 Å². The number of carboxylic acids is 1. The van der Waals surface area contributed by atoms with Crippen molar-refractivity contribution in [3.8, 4) is 5.75 Å². The van der Waals surface area contributed by atoms with E-state index in [1.165, 1.54) is 12.4 Å². The first-order valence-corrected chi connectivity index (χ1v) is 12.2. The number of benzene rings is 2. The van der Waals surface area contributed by atoms with Gasteiger partial charge in [0, 0.05) is 12.6 Å². The Morgan fingerprint density at radius 3 is 2.75 bits per heavy atom. The number of hydrogen-bond acceptors (Lipinski definition) is 8. The molecule has 0 bridgehead atoms. The first-order valence-electron chi connectivity index (χ1n) is 12.2. The molecule has 13 heteroatoms. The molecule has 0 spiro atoms. The Kier molecular flexibility index (Phi) is 8.84. The predicted octanol–water partition coefficient (Wildman–Crippen LogP) is -0.801. The zero-order valence-corrected chi connectivity index (χ0v) is 21.8. The van der Waals surface area contributed by atoms with E-state index >= 15 is 0 Å². The summed E-state index contributed by atoms with van der Waals surface area (Å²) < 4.78 is 5.34. The van der Waals surface area contributed by atoms with Gasteiger partial charge >= 0.3 is 24.8 Å². The summed E-state index contributed by atoms with van der Waals surface area (Å²) in [5.74, 6) is -1.75. The molecule has 1 aliphatic carbocycles. The number of carbonyl (C=O) groups excluding carboxylic acids is 3. The van der Waals surface area contributed by atoms with Crippen molar-refractivity contribution in [1.29, 1.82) is 0 Å². The van der Waals surface area contributed by atoms with Gasteiger partial charge in [0.15, 0.2) is 6.61 Å². The van der Waals surface area contributed by atoms with E-state index in [1.807, 2.05) is 4.90 Å². The second kappa shape index (κ2) is 12.3. The molecular formula is C27H25LiN6O6. The smallest absolute Gasteiger partial charge is 0.644 e. The maximum absolute atomic E-state index is 12.8. The number of aromatic nitrogens is 2. The largest absolute Gasteiger partial charge is 1.00 e. The molecule has 12 nitrogen and oxygen atoms in total. The second-order valence-electron chi connectivity index (χ2n) is 9.33.